The molecule has 0 bridgehead atoms. The molecule has 4 nitrogen and oxygen atoms in total. The van der Waals surface area contributed by atoms with Crippen LogP contribution in [-0.4, -0.2) is 20.1 Å². The molecule has 0 amide bonds. The summed E-state index contributed by atoms with van der Waals surface area (Å²) >= 11 is 1.13. The van der Waals surface area contributed by atoms with Crippen LogP contribution in [0.5, 0.6) is 0 Å². The summed E-state index contributed by atoms with van der Waals surface area (Å²) in [6.45, 7) is 10.6. The summed E-state index contributed by atoms with van der Waals surface area (Å²) in [5.41, 5.74) is 0.821. The van der Waals surface area contributed by atoms with E-state index < -0.39 is 10.0 Å². The highest BCUT2D eigenvalue weighted by Gasteiger charge is 2.23. The monoisotopic (exact) mass is 319 g/mol. The molecule has 0 spiro atoms. The Hall–Kier alpha value is -0.430. The van der Waals surface area contributed by atoms with Gasteiger partial charge in [-0.25, -0.2) is 13.1 Å². The lowest BCUT2D eigenvalue weighted by atomic mass is 9.86. The number of sulfonamides is 1. The zero-order chi connectivity index (χ0) is 15.5. The number of nitrogens with one attached hydrogen (secondary N) is 1. The van der Waals surface area contributed by atoms with E-state index in [4.69, 9.17) is 5.11 Å². The van der Waals surface area contributed by atoms with Gasteiger partial charge >= 0.3 is 0 Å². The molecular formula is C14H25NO3S2. The van der Waals surface area contributed by atoms with E-state index in [2.05, 4.69) is 32.4 Å². The smallest absolute Gasteiger partial charge is 0.250 e. The second-order valence-electron chi connectivity index (χ2n) is 5.83. The summed E-state index contributed by atoms with van der Waals surface area (Å²) in [5.74, 6) is 1.16. The lowest BCUT2D eigenvalue weighted by Gasteiger charge is -2.24. The van der Waals surface area contributed by atoms with Gasteiger partial charge in [0.2, 0.25) is 10.0 Å². The van der Waals surface area contributed by atoms with E-state index in [1.807, 2.05) is 6.92 Å². The van der Waals surface area contributed by atoms with Gasteiger partial charge in [-0.1, -0.05) is 27.7 Å². The maximum Gasteiger partial charge on any atom is 0.250 e. The van der Waals surface area contributed by atoms with Gasteiger partial charge in [-0.15, -0.1) is 11.3 Å². The van der Waals surface area contributed by atoms with Crippen LogP contribution in [0.2, 0.25) is 0 Å². The maximum atomic E-state index is 12.3. The van der Waals surface area contributed by atoms with Crippen LogP contribution in [0.4, 0.5) is 0 Å². The first-order chi connectivity index (χ1) is 9.19. The second kappa shape index (κ2) is 7.02. The van der Waals surface area contributed by atoms with Gasteiger partial charge in [0.15, 0.2) is 0 Å². The molecular weight excluding hydrogens is 294 g/mol. The molecule has 116 valence electrons. The summed E-state index contributed by atoms with van der Waals surface area (Å²) in [6.07, 6.45) is 0. The number of rotatable bonds is 7. The fourth-order valence-electron chi connectivity index (χ4n) is 2.30. The predicted molar refractivity (Wildman–Crippen MR) is 83.3 cm³/mol. The van der Waals surface area contributed by atoms with Crippen LogP contribution in [-0.2, 0) is 16.6 Å². The topological polar surface area (TPSA) is 66.4 Å². The largest absolute Gasteiger partial charge is 0.391 e. The number of aliphatic hydroxyl groups is 1. The van der Waals surface area contributed by atoms with Crippen molar-refractivity contribution in [3.63, 3.8) is 0 Å². The van der Waals surface area contributed by atoms with Gasteiger partial charge in [0.05, 0.1) is 6.61 Å². The van der Waals surface area contributed by atoms with Crippen LogP contribution in [0.25, 0.3) is 0 Å². The van der Waals surface area contributed by atoms with Crippen molar-refractivity contribution < 1.29 is 13.5 Å². The summed E-state index contributed by atoms with van der Waals surface area (Å²) in [4.78, 5) is 0.703. The van der Waals surface area contributed by atoms with Crippen molar-refractivity contribution in [1.29, 1.82) is 0 Å². The van der Waals surface area contributed by atoms with E-state index in [0.29, 0.717) is 29.2 Å². The molecule has 0 aromatic carbocycles. The Bertz CT molecular complexity index is 525. The van der Waals surface area contributed by atoms with E-state index in [9.17, 15) is 8.42 Å². The second-order valence-corrected chi connectivity index (χ2v) is 8.96. The number of aliphatic hydroxyl groups excluding tert-OH is 1. The van der Waals surface area contributed by atoms with Gasteiger partial charge in [-0.3, -0.25) is 0 Å². The standard InChI is InChI=1S/C14H25NO3S2/c1-9(2)12(10(3)4)7-15-20(17,18)14-6-11(5)13(8-16)19-14/h6,9-10,12,15-16H,7-8H2,1-5H3. The van der Waals surface area contributed by atoms with Crippen LogP contribution in [0, 0.1) is 24.7 Å². The Kier molecular flexibility index (Phi) is 6.19. The molecule has 1 aromatic rings. The third kappa shape index (κ3) is 4.28. The van der Waals surface area contributed by atoms with Crippen molar-refractivity contribution in [3.05, 3.63) is 16.5 Å². The zero-order valence-corrected chi connectivity index (χ0v) is 14.4. The SMILES string of the molecule is Cc1cc(S(=O)(=O)NCC(C(C)C)C(C)C)sc1CO. The molecule has 0 radical (unpaired) electrons. The average Bonchev–Trinajstić information content (AvgIpc) is 2.70. The Morgan fingerprint density at radius 3 is 2.20 bits per heavy atom. The van der Waals surface area contributed by atoms with E-state index >= 15 is 0 Å². The van der Waals surface area contributed by atoms with Gasteiger partial charge in [-0.05, 0) is 36.3 Å². The molecule has 0 unspecified atom stereocenters. The van der Waals surface area contributed by atoms with Crippen molar-refractivity contribution in [2.45, 2.75) is 45.4 Å². The molecule has 1 rings (SSSR count). The molecule has 6 heteroatoms. The van der Waals surface area contributed by atoms with Gasteiger partial charge in [0.25, 0.3) is 0 Å². The Morgan fingerprint density at radius 2 is 1.80 bits per heavy atom. The first-order valence-electron chi connectivity index (χ1n) is 6.88. The molecule has 1 heterocycles. The first-order valence-corrected chi connectivity index (χ1v) is 9.18. The average molecular weight is 319 g/mol. The van der Waals surface area contributed by atoms with Crippen molar-refractivity contribution in [1.82, 2.24) is 4.72 Å². The number of hydrogen-bond acceptors (Lipinski definition) is 4. The van der Waals surface area contributed by atoms with Gasteiger partial charge < -0.3 is 5.11 Å². The Labute approximate surface area is 126 Å². The molecule has 2 N–H and O–H groups in total. The maximum absolute atomic E-state index is 12.3. The summed E-state index contributed by atoms with van der Waals surface area (Å²) in [7, 11) is -3.48. The van der Waals surface area contributed by atoms with Gasteiger partial charge in [0, 0.05) is 11.4 Å². The summed E-state index contributed by atoms with van der Waals surface area (Å²) in [5, 5.41) is 9.16. The molecule has 0 aliphatic heterocycles. The van der Waals surface area contributed by atoms with Crippen molar-refractivity contribution in [2.24, 2.45) is 17.8 Å². The molecule has 0 aliphatic carbocycles. The number of hydrogen-bond donors (Lipinski definition) is 2. The van der Waals surface area contributed by atoms with Crippen molar-refractivity contribution in [2.75, 3.05) is 6.54 Å². The van der Waals surface area contributed by atoms with Crippen LogP contribution in [0.3, 0.4) is 0 Å². The Morgan fingerprint density at radius 1 is 1.25 bits per heavy atom. The lowest BCUT2D eigenvalue weighted by molar-refractivity contribution is 0.285. The number of thiophene rings is 1. The summed E-state index contributed by atoms with van der Waals surface area (Å²) in [6, 6.07) is 1.62. The fourth-order valence-corrected chi connectivity index (χ4v) is 4.86. The highest BCUT2D eigenvalue weighted by Crippen LogP contribution is 2.26. The highest BCUT2D eigenvalue weighted by atomic mass is 32.2. The van der Waals surface area contributed by atoms with E-state index in [0.717, 1.165) is 16.9 Å². The van der Waals surface area contributed by atoms with Crippen molar-refractivity contribution >= 4 is 21.4 Å². The van der Waals surface area contributed by atoms with Crippen LogP contribution >= 0.6 is 11.3 Å². The molecule has 0 saturated carbocycles. The van der Waals surface area contributed by atoms with Crippen LogP contribution < -0.4 is 4.72 Å². The minimum Gasteiger partial charge on any atom is -0.391 e. The van der Waals surface area contributed by atoms with E-state index in [1.54, 1.807) is 6.07 Å². The third-order valence-corrected chi connectivity index (χ3v) is 6.75. The van der Waals surface area contributed by atoms with Crippen LogP contribution in [0.15, 0.2) is 10.3 Å². The van der Waals surface area contributed by atoms with E-state index in [-0.39, 0.29) is 10.8 Å². The van der Waals surface area contributed by atoms with Gasteiger partial charge in [0.1, 0.15) is 4.21 Å². The quantitative estimate of drug-likeness (QED) is 0.812. The fraction of sp³-hybridized carbons (Fsp3) is 0.714. The third-order valence-electron chi connectivity index (χ3n) is 3.63. The van der Waals surface area contributed by atoms with Gasteiger partial charge in [-0.2, -0.15) is 0 Å². The number of aryl methyl sites for hydroxylation is 1. The predicted octanol–water partition coefficient (Wildman–Crippen LogP) is 2.76. The molecule has 0 aliphatic rings. The van der Waals surface area contributed by atoms with Crippen molar-refractivity contribution in [3.8, 4) is 0 Å². The molecule has 0 saturated heterocycles. The molecule has 0 atom stereocenters. The van der Waals surface area contributed by atoms with E-state index in [1.165, 1.54) is 0 Å². The first kappa shape index (κ1) is 17.6. The zero-order valence-electron chi connectivity index (χ0n) is 12.8. The molecule has 0 fully saturated rings. The summed E-state index contributed by atoms with van der Waals surface area (Å²) < 4.78 is 27.5. The van der Waals surface area contributed by atoms with Crippen LogP contribution in [0.1, 0.15) is 38.1 Å². The normalized spacial score (nSPS) is 12.8. The lowest BCUT2D eigenvalue weighted by Crippen LogP contribution is -2.33. The molecule has 20 heavy (non-hydrogen) atoms. The minimum absolute atomic E-state index is 0.118. The molecule has 1 aromatic heterocycles. The minimum atomic E-state index is -3.48. The Balaban J connectivity index is 2.84. The highest BCUT2D eigenvalue weighted by molar-refractivity contribution is 7.91.